The van der Waals surface area contributed by atoms with E-state index in [9.17, 15) is 13.2 Å². The van der Waals surface area contributed by atoms with Gasteiger partial charge in [0.2, 0.25) is 10.0 Å². The summed E-state index contributed by atoms with van der Waals surface area (Å²) >= 11 is 0. The van der Waals surface area contributed by atoms with E-state index in [0.717, 1.165) is 12.8 Å². The summed E-state index contributed by atoms with van der Waals surface area (Å²) in [6.07, 6.45) is 1.86. The van der Waals surface area contributed by atoms with E-state index in [2.05, 4.69) is 5.32 Å². The van der Waals surface area contributed by atoms with Crippen LogP contribution in [0.25, 0.3) is 0 Å². The van der Waals surface area contributed by atoms with Crippen molar-refractivity contribution in [2.75, 3.05) is 18.4 Å². The van der Waals surface area contributed by atoms with Crippen molar-refractivity contribution in [3.63, 3.8) is 0 Å². The van der Waals surface area contributed by atoms with E-state index < -0.39 is 15.9 Å². The van der Waals surface area contributed by atoms with Gasteiger partial charge in [-0.15, -0.1) is 0 Å². The number of amides is 1. The largest absolute Gasteiger partial charge is 0.321 e. The Morgan fingerprint density at radius 1 is 1.22 bits per heavy atom. The van der Waals surface area contributed by atoms with Crippen molar-refractivity contribution in [1.29, 1.82) is 5.26 Å². The highest BCUT2D eigenvalue weighted by Gasteiger charge is 2.29. The van der Waals surface area contributed by atoms with Crippen molar-refractivity contribution < 1.29 is 13.2 Å². The van der Waals surface area contributed by atoms with Crippen LogP contribution in [0.4, 0.5) is 5.69 Å². The van der Waals surface area contributed by atoms with Crippen LogP contribution >= 0.6 is 0 Å². The van der Waals surface area contributed by atoms with Crippen molar-refractivity contribution in [2.24, 2.45) is 5.92 Å². The minimum Gasteiger partial charge on any atom is -0.321 e. The molecule has 0 bridgehead atoms. The first-order chi connectivity index (χ1) is 12.9. The smallest absolute Gasteiger partial charge is 0.255 e. The molecule has 0 aromatic heterocycles. The molecule has 0 saturated carbocycles. The van der Waals surface area contributed by atoms with Gasteiger partial charge in [0.15, 0.2) is 0 Å². The van der Waals surface area contributed by atoms with Crippen molar-refractivity contribution in [2.45, 2.75) is 24.7 Å². The van der Waals surface area contributed by atoms with Gasteiger partial charge in [0.05, 0.1) is 16.1 Å². The van der Waals surface area contributed by atoms with Crippen molar-refractivity contribution in [1.82, 2.24) is 4.31 Å². The highest BCUT2D eigenvalue weighted by atomic mass is 32.2. The van der Waals surface area contributed by atoms with Crippen LogP contribution in [0.2, 0.25) is 0 Å². The molecule has 0 radical (unpaired) electrons. The zero-order valence-electron chi connectivity index (χ0n) is 15.1. The van der Waals surface area contributed by atoms with Crippen LogP contribution in [0.15, 0.2) is 53.4 Å². The molecule has 1 atom stereocenters. The fourth-order valence-electron chi connectivity index (χ4n) is 3.20. The summed E-state index contributed by atoms with van der Waals surface area (Å²) in [7, 11) is -3.64. The Labute approximate surface area is 159 Å². The van der Waals surface area contributed by atoms with Crippen LogP contribution in [0.3, 0.4) is 0 Å². The van der Waals surface area contributed by atoms with Gasteiger partial charge in [-0.05, 0) is 49.1 Å². The number of carbonyl (C=O) groups excluding carboxylic acids is 1. The van der Waals surface area contributed by atoms with E-state index in [1.54, 1.807) is 36.4 Å². The third-order valence-corrected chi connectivity index (χ3v) is 6.51. The molecule has 2 aromatic carbocycles. The van der Waals surface area contributed by atoms with Crippen LogP contribution in [0, 0.1) is 17.2 Å². The Bertz CT molecular complexity index is 996. The predicted molar refractivity (Wildman–Crippen MR) is 103 cm³/mol. The zero-order chi connectivity index (χ0) is 19.4. The molecule has 0 aliphatic carbocycles. The van der Waals surface area contributed by atoms with E-state index >= 15 is 0 Å². The lowest BCUT2D eigenvalue weighted by molar-refractivity contribution is 0.102. The maximum Gasteiger partial charge on any atom is 0.255 e. The number of nitrogens with zero attached hydrogens (tertiary/aromatic N) is 2. The Morgan fingerprint density at radius 2 is 2.00 bits per heavy atom. The molecule has 1 aliphatic heterocycles. The summed E-state index contributed by atoms with van der Waals surface area (Å²) < 4.78 is 27.3. The molecule has 2 aromatic rings. The Hall–Kier alpha value is -2.69. The number of anilines is 1. The normalized spacial score (nSPS) is 17.9. The van der Waals surface area contributed by atoms with E-state index in [1.807, 2.05) is 13.0 Å². The second kappa shape index (κ2) is 7.91. The predicted octanol–water partition coefficient (Wildman–Crippen LogP) is 3.23. The Balaban J connectivity index is 1.85. The highest BCUT2D eigenvalue weighted by molar-refractivity contribution is 7.89. The second-order valence-electron chi connectivity index (χ2n) is 6.75. The molecular weight excluding hydrogens is 362 g/mol. The van der Waals surface area contributed by atoms with Gasteiger partial charge in [0.25, 0.3) is 5.91 Å². The number of piperidine rings is 1. The molecule has 1 heterocycles. The molecule has 1 unspecified atom stereocenters. The molecule has 0 spiro atoms. The molecule has 140 valence electrons. The molecule has 6 nitrogen and oxygen atoms in total. The third-order valence-electron chi connectivity index (χ3n) is 4.65. The lowest BCUT2D eigenvalue weighted by Gasteiger charge is -2.30. The lowest BCUT2D eigenvalue weighted by atomic mass is 10.0. The maximum atomic E-state index is 12.9. The summed E-state index contributed by atoms with van der Waals surface area (Å²) in [6, 6.07) is 14.7. The van der Waals surface area contributed by atoms with Crippen LogP contribution in [-0.2, 0) is 10.0 Å². The molecule has 1 N–H and O–H groups in total. The van der Waals surface area contributed by atoms with Gasteiger partial charge < -0.3 is 5.32 Å². The summed E-state index contributed by atoms with van der Waals surface area (Å²) in [5.41, 5.74) is 0.967. The van der Waals surface area contributed by atoms with Gasteiger partial charge in [-0.1, -0.05) is 25.1 Å². The number of nitrogens with one attached hydrogen (secondary N) is 1. The first-order valence-corrected chi connectivity index (χ1v) is 10.3. The monoisotopic (exact) mass is 383 g/mol. The second-order valence-corrected chi connectivity index (χ2v) is 8.69. The number of benzene rings is 2. The van der Waals surface area contributed by atoms with Gasteiger partial charge in [0.1, 0.15) is 6.07 Å². The van der Waals surface area contributed by atoms with E-state index in [4.69, 9.17) is 5.26 Å². The van der Waals surface area contributed by atoms with Crippen molar-refractivity contribution >= 4 is 21.6 Å². The van der Waals surface area contributed by atoms with Crippen LogP contribution < -0.4 is 5.32 Å². The van der Waals surface area contributed by atoms with E-state index in [1.165, 1.54) is 16.4 Å². The maximum absolute atomic E-state index is 12.9. The van der Waals surface area contributed by atoms with Crippen molar-refractivity contribution in [3.05, 3.63) is 59.7 Å². The molecule has 7 heteroatoms. The minimum atomic E-state index is -3.64. The van der Waals surface area contributed by atoms with Crippen LogP contribution in [0.1, 0.15) is 35.7 Å². The third kappa shape index (κ3) is 4.18. The fourth-order valence-corrected chi connectivity index (χ4v) is 4.84. The standard InChI is InChI=1S/C20H21N3O3S/c1-15-6-5-11-23(14-15)27(25,26)18-9-4-8-16(12-18)20(24)22-19-10-3-2-7-17(19)13-21/h2-4,7-10,12,15H,5-6,11,14H2,1H3,(H,22,24). The van der Waals surface area contributed by atoms with Gasteiger partial charge in [0, 0.05) is 18.7 Å². The summed E-state index contributed by atoms with van der Waals surface area (Å²) in [4.78, 5) is 12.7. The first kappa shape index (κ1) is 19.1. The van der Waals surface area contributed by atoms with Gasteiger partial charge >= 0.3 is 0 Å². The SMILES string of the molecule is CC1CCCN(S(=O)(=O)c2cccc(C(=O)Nc3ccccc3C#N)c2)C1. The van der Waals surface area contributed by atoms with Gasteiger partial charge in [-0.25, -0.2) is 8.42 Å². The average Bonchev–Trinajstić information content (AvgIpc) is 2.68. The minimum absolute atomic E-state index is 0.109. The summed E-state index contributed by atoms with van der Waals surface area (Å²) in [6.45, 7) is 3.03. The molecule has 27 heavy (non-hydrogen) atoms. The van der Waals surface area contributed by atoms with Crippen LogP contribution in [0.5, 0.6) is 0 Å². The Kier molecular flexibility index (Phi) is 5.59. The molecule has 1 aliphatic rings. The lowest BCUT2D eigenvalue weighted by Crippen LogP contribution is -2.39. The molecule has 1 saturated heterocycles. The van der Waals surface area contributed by atoms with Gasteiger partial charge in [-0.3, -0.25) is 4.79 Å². The van der Waals surface area contributed by atoms with E-state index in [-0.39, 0.29) is 10.5 Å². The van der Waals surface area contributed by atoms with Crippen LogP contribution in [-0.4, -0.2) is 31.7 Å². The van der Waals surface area contributed by atoms with Gasteiger partial charge in [-0.2, -0.15) is 9.57 Å². The number of hydrogen-bond donors (Lipinski definition) is 1. The quantitative estimate of drug-likeness (QED) is 0.878. The topological polar surface area (TPSA) is 90.3 Å². The molecular formula is C20H21N3O3S. The Morgan fingerprint density at radius 3 is 2.74 bits per heavy atom. The number of carbonyl (C=O) groups is 1. The van der Waals surface area contributed by atoms with E-state index in [0.29, 0.717) is 30.3 Å². The number of hydrogen-bond acceptors (Lipinski definition) is 4. The van der Waals surface area contributed by atoms with Crippen molar-refractivity contribution in [3.8, 4) is 6.07 Å². The molecule has 1 amide bonds. The number of sulfonamides is 1. The fraction of sp³-hybridized carbons (Fsp3) is 0.300. The number of para-hydroxylation sites is 1. The zero-order valence-corrected chi connectivity index (χ0v) is 15.9. The number of nitriles is 1. The highest BCUT2D eigenvalue weighted by Crippen LogP contribution is 2.24. The average molecular weight is 383 g/mol. The summed E-state index contributed by atoms with van der Waals surface area (Å²) in [5, 5.41) is 11.8. The number of rotatable bonds is 4. The first-order valence-electron chi connectivity index (χ1n) is 8.82. The molecule has 1 fully saturated rings. The molecule has 3 rings (SSSR count). The summed E-state index contributed by atoms with van der Waals surface area (Å²) in [5.74, 6) is -0.135.